The fourth-order valence-corrected chi connectivity index (χ4v) is 11.7. The molecule has 2 N–H and O–H groups in total. The van der Waals surface area contributed by atoms with Crippen LogP contribution in [0, 0.1) is 5.92 Å². The van der Waals surface area contributed by atoms with E-state index in [1.807, 2.05) is 77.7 Å². The van der Waals surface area contributed by atoms with Crippen molar-refractivity contribution in [3.05, 3.63) is 114 Å². The molecule has 0 radical (unpaired) electrons. The van der Waals surface area contributed by atoms with Crippen LogP contribution in [0.25, 0.3) is 0 Å². The van der Waals surface area contributed by atoms with Crippen molar-refractivity contribution in [3.8, 4) is 11.5 Å². The van der Waals surface area contributed by atoms with Gasteiger partial charge >= 0.3 is 0 Å². The van der Waals surface area contributed by atoms with E-state index in [0.717, 1.165) is 22.6 Å². The number of benzene rings is 4. The van der Waals surface area contributed by atoms with E-state index < -0.39 is 13.7 Å². The van der Waals surface area contributed by atoms with Crippen molar-refractivity contribution < 1.29 is 28.9 Å². The summed E-state index contributed by atoms with van der Waals surface area (Å²) in [5.41, 5.74) is 2.57. The highest BCUT2D eigenvalue weighted by Crippen LogP contribution is 2.60. The van der Waals surface area contributed by atoms with Gasteiger partial charge in [-0.05, 0) is 72.1 Å². The first-order valence-electron chi connectivity index (χ1n) is 16.0. The summed E-state index contributed by atoms with van der Waals surface area (Å²) in [5, 5.41) is 14.4. The van der Waals surface area contributed by atoms with E-state index in [-0.39, 0.29) is 36.0 Å². The molecule has 4 aromatic carbocycles. The highest BCUT2D eigenvalue weighted by atomic mass is 28.3. The van der Waals surface area contributed by atoms with Crippen molar-refractivity contribution in [1.29, 1.82) is 0 Å². The molecule has 0 aromatic heterocycles. The molecule has 2 heterocycles. The summed E-state index contributed by atoms with van der Waals surface area (Å²) in [6.45, 7) is 7.08. The summed E-state index contributed by atoms with van der Waals surface area (Å²) in [4.78, 5) is 29.3. The van der Waals surface area contributed by atoms with Crippen molar-refractivity contribution in [1.82, 2.24) is 0 Å². The number of nitrogens with zero attached hydrogens (tertiary/aromatic N) is 1. The Morgan fingerprint density at radius 2 is 1.60 bits per heavy atom. The number of carbonyl (C=O) groups excluding carboxylic acids is 2. The topological polar surface area (TPSA) is 97.3 Å². The maximum absolute atomic E-state index is 14.9. The van der Waals surface area contributed by atoms with Crippen molar-refractivity contribution in [2.45, 2.75) is 50.2 Å². The SMILES string of the molecule is COc1ccc([Si](C)(C)[C@H]2[C@H](CCO)O[C@@]3(C(=O)N(Cc4ccc(NC(=O)c5ccccc5)cc4)c4ccc(OC)cc43)[C@@H]2C)cc1. The third-order valence-corrected chi connectivity index (χ3v) is 14.4. The molecule has 0 aliphatic carbocycles. The average molecular weight is 651 g/mol. The molecule has 244 valence electrons. The molecule has 0 bridgehead atoms. The molecule has 0 unspecified atom stereocenters. The zero-order chi connectivity index (χ0) is 33.3. The first-order valence-corrected chi connectivity index (χ1v) is 19.1. The molecule has 8 nitrogen and oxygen atoms in total. The molecule has 1 saturated heterocycles. The highest BCUT2D eigenvalue weighted by Gasteiger charge is 2.66. The van der Waals surface area contributed by atoms with Crippen LogP contribution in [0.2, 0.25) is 18.6 Å². The summed E-state index contributed by atoms with van der Waals surface area (Å²) in [6, 6.07) is 30.6. The monoisotopic (exact) mass is 650 g/mol. The second kappa shape index (κ2) is 13.0. The predicted octanol–water partition coefficient (Wildman–Crippen LogP) is 6.10. The number of carbonyl (C=O) groups is 2. The zero-order valence-corrected chi connectivity index (χ0v) is 28.5. The number of hydrogen-bond donors (Lipinski definition) is 2. The van der Waals surface area contributed by atoms with E-state index >= 15 is 0 Å². The number of rotatable bonds is 10. The van der Waals surface area contributed by atoms with E-state index in [0.29, 0.717) is 30.0 Å². The van der Waals surface area contributed by atoms with Gasteiger partial charge < -0.3 is 29.5 Å². The lowest BCUT2D eigenvalue weighted by Gasteiger charge is -2.37. The summed E-state index contributed by atoms with van der Waals surface area (Å²) in [7, 11) is 1.00. The maximum Gasteiger partial charge on any atom is 0.264 e. The number of aliphatic hydroxyl groups is 1. The number of nitrogens with one attached hydrogen (secondary N) is 1. The molecule has 4 atom stereocenters. The van der Waals surface area contributed by atoms with Crippen LogP contribution in [0.15, 0.2) is 97.1 Å². The third kappa shape index (κ3) is 5.73. The Bertz CT molecular complexity index is 1740. The quantitative estimate of drug-likeness (QED) is 0.201. The van der Waals surface area contributed by atoms with Crippen molar-refractivity contribution in [2.24, 2.45) is 5.92 Å². The van der Waals surface area contributed by atoms with Crippen LogP contribution >= 0.6 is 0 Å². The summed E-state index contributed by atoms with van der Waals surface area (Å²) < 4.78 is 18.1. The molecule has 2 aliphatic rings. The van der Waals surface area contributed by atoms with E-state index in [4.69, 9.17) is 14.2 Å². The molecule has 9 heteroatoms. The Hall–Kier alpha value is -4.44. The van der Waals surface area contributed by atoms with Gasteiger partial charge in [-0.3, -0.25) is 9.59 Å². The van der Waals surface area contributed by atoms with Gasteiger partial charge in [-0.25, -0.2) is 0 Å². The van der Waals surface area contributed by atoms with Crippen molar-refractivity contribution in [3.63, 3.8) is 0 Å². The minimum Gasteiger partial charge on any atom is -0.497 e. The first-order chi connectivity index (χ1) is 22.6. The van der Waals surface area contributed by atoms with Crippen LogP contribution in [0.1, 0.15) is 34.8 Å². The number of ether oxygens (including phenoxy) is 3. The van der Waals surface area contributed by atoms with Gasteiger partial charge in [-0.1, -0.05) is 67.7 Å². The third-order valence-electron chi connectivity index (χ3n) is 10.0. The Balaban J connectivity index is 1.33. The van der Waals surface area contributed by atoms with E-state index in [2.05, 4.69) is 37.5 Å². The smallest absolute Gasteiger partial charge is 0.264 e. The largest absolute Gasteiger partial charge is 0.497 e. The second-order valence-corrected chi connectivity index (χ2v) is 17.6. The molecular weight excluding hydrogens is 609 g/mol. The number of aliphatic hydroxyl groups excluding tert-OH is 1. The van der Waals surface area contributed by atoms with Gasteiger partial charge in [0.05, 0.1) is 40.6 Å². The van der Waals surface area contributed by atoms with Crippen LogP contribution in [-0.4, -0.2) is 51.9 Å². The van der Waals surface area contributed by atoms with Gasteiger partial charge in [0, 0.05) is 29.3 Å². The van der Waals surface area contributed by atoms with Gasteiger partial charge in [0.15, 0.2) is 5.60 Å². The summed E-state index contributed by atoms with van der Waals surface area (Å²) >= 11 is 0. The molecule has 1 spiro atoms. The second-order valence-electron chi connectivity index (χ2n) is 13.0. The van der Waals surface area contributed by atoms with Gasteiger partial charge in [0.2, 0.25) is 0 Å². The van der Waals surface area contributed by atoms with Gasteiger partial charge in [0.1, 0.15) is 11.5 Å². The standard InChI is InChI=1S/C38H42N2O6Si/c1-25-35(47(4,5)31-18-15-29(44-2)16-19-31)34(21-22-41)46-38(25)32-23-30(45-3)17-20-33(32)40(37(38)43)24-26-11-13-28(14-12-26)39-36(42)27-9-7-6-8-10-27/h6-20,23,25,34-35,41H,21-22,24H2,1-5H3,(H,39,42)/t25-,34+,35-,38+/m1/s1. The predicted molar refractivity (Wildman–Crippen MR) is 186 cm³/mol. The lowest BCUT2D eigenvalue weighted by molar-refractivity contribution is -0.146. The maximum atomic E-state index is 14.9. The molecule has 2 amide bonds. The molecular formula is C38H42N2O6Si. The van der Waals surface area contributed by atoms with Gasteiger partial charge in [-0.15, -0.1) is 0 Å². The van der Waals surface area contributed by atoms with Crippen molar-refractivity contribution >= 4 is 36.4 Å². The highest BCUT2D eigenvalue weighted by molar-refractivity contribution is 6.91. The van der Waals surface area contributed by atoms with Crippen molar-refractivity contribution in [2.75, 3.05) is 31.0 Å². The normalized spacial score (nSPS) is 22.0. The number of fused-ring (bicyclic) bond motifs is 2. The fraction of sp³-hybridized carbons (Fsp3) is 0.316. The van der Waals surface area contributed by atoms with E-state index in [9.17, 15) is 14.7 Å². The van der Waals surface area contributed by atoms with Crippen LogP contribution < -0.4 is 24.9 Å². The molecule has 1 fully saturated rings. The molecule has 2 aliphatic heterocycles. The summed E-state index contributed by atoms with van der Waals surface area (Å²) in [5.74, 6) is 0.979. The minimum absolute atomic E-state index is 0.0346. The number of hydrogen-bond acceptors (Lipinski definition) is 6. The fourth-order valence-electron chi connectivity index (χ4n) is 7.64. The van der Waals surface area contributed by atoms with E-state index in [1.54, 1.807) is 26.4 Å². The van der Waals surface area contributed by atoms with Gasteiger partial charge in [-0.2, -0.15) is 0 Å². The number of amides is 2. The lowest BCUT2D eigenvalue weighted by Crippen LogP contribution is -2.51. The molecule has 6 rings (SSSR count). The van der Waals surface area contributed by atoms with Crippen LogP contribution in [0.5, 0.6) is 11.5 Å². The Labute approximate surface area is 277 Å². The molecule has 4 aromatic rings. The first kappa shape index (κ1) is 32.5. The summed E-state index contributed by atoms with van der Waals surface area (Å²) in [6.07, 6.45) is 0.126. The Morgan fingerprint density at radius 3 is 2.23 bits per heavy atom. The van der Waals surface area contributed by atoms with Crippen LogP contribution in [0.4, 0.5) is 11.4 Å². The number of methoxy groups -OCH3 is 2. The zero-order valence-electron chi connectivity index (χ0n) is 27.5. The van der Waals surface area contributed by atoms with Gasteiger partial charge in [0.25, 0.3) is 11.8 Å². The van der Waals surface area contributed by atoms with Crippen LogP contribution in [-0.2, 0) is 21.7 Å². The average Bonchev–Trinajstić information content (AvgIpc) is 3.52. The molecule has 0 saturated carbocycles. The minimum atomic E-state index is -2.28. The Kier molecular flexibility index (Phi) is 8.98. The number of anilines is 2. The molecule has 47 heavy (non-hydrogen) atoms. The van der Waals surface area contributed by atoms with Crippen LogP contribution in [0.3, 0.4) is 0 Å². The lowest BCUT2D eigenvalue weighted by atomic mass is 9.82. The Morgan fingerprint density at radius 1 is 0.936 bits per heavy atom. The van der Waals surface area contributed by atoms with E-state index in [1.165, 1.54) is 5.19 Å².